The van der Waals surface area contributed by atoms with Crippen LogP contribution in [0, 0.1) is 0 Å². The first-order chi connectivity index (χ1) is 15.2. The van der Waals surface area contributed by atoms with E-state index >= 15 is 0 Å². The Bertz CT molecular complexity index is 1220. The summed E-state index contributed by atoms with van der Waals surface area (Å²) in [6, 6.07) is 17.7. The molecule has 0 N–H and O–H groups in total. The summed E-state index contributed by atoms with van der Waals surface area (Å²) in [4.78, 5) is 26.5. The van der Waals surface area contributed by atoms with Crippen LogP contribution in [0.25, 0.3) is 11.0 Å². The lowest BCUT2D eigenvalue weighted by atomic mass is 10.1. The molecule has 156 valence electrons. The number of thioether (sulfide) groups is 1. The van der Waals surface area contributed by atoms with E-state index in [9.17, 15) is 4.79 Å². The molecule has 0 unspecified atom stereocenters. The van der Waals surface area contributed by atoms with Crippen molar-refractivity contribution in [2.45, 2.75) is 17.5 Å². The van der Waals surface area contributed by atoms with Crippen molar-refractivity contribution in [3.8, 4) is 0 Å². The molecule has 1 aliphatic rings. The third-order valence-electron chi connectivity index (χ3n) is 5.45. The maximum atomic E-state index is 13.8. The van der Waals surface area contributed by atoms with Gasteiger partial charge < -0.3 is 14.2 Å². The lowest BCUT2D eigenvalue weighted by Crippen LogP contribution is -2.35. The lowest BCUT2D eigenvalue weighted by Gasteiger charge is -2.22. The molecule has 0 saturated carbocycles. The van der Waals surface area contributed by atoms with Gasteiger partial charge in [-0.3, -0.25) is 4.79 Å². The predicted octanol–water partition coefficient (Wildman–Crippen LogP) is 4.61. The summed E-state index contributed by atoms with van der Waals surface area (Å²) in [5.74, 6) is 0.838. The van der Waals surface area contributed by atoms with Crippen LogP contribution in [-0.2, 0) is 12.3 Å². The molecule has 3 heterocycles. The van der Waals surface area contributed by atoms with Crippen molar-refractivity contribution in [1.82, 2.24) is 14.9 Å². The number of carbonyl (C=O) groups excluding carboxylic acids is 1. The zero-order chi connectivity index (χ0) is 21.2. The summed E-state index contributed by atoms with van der Waals surface area (Å²) < 4.78 is 6.13. The van der Waals surface area contributed by atoms with Crippen LogP contribution in [0.3, 0.4) is 0 Å². The molecule has 31 heavy (non-hydrogen) atoms. The van der Waals surface area contributed by atoms with Crippen LogP contribution in [0.15, 0.2) is 76.6 Å². The number of anilines is 1. The minimum Gasteiger partial charge on any atom is -0.451 e. The average Bonchev–Trinajstić information content (AvgIpc) is 3.08. The minimum absolute atomic E-state index is 0.108. The number of para-hydroxylation sites is 2. The standard InChI is InChI=1S/C24H22N4O2S/c1-27-13-14-28(20-9-4-2-7-17(20)15-27)23(29)22-19(16-31-24-25-11-6-12-26-24)18-8-3-5-10-21(18)30-22/h2-12H,13-16H2,1H3. The second-order valence-corrected chi connectivity index (χ2v) is 8.49. The normalized spacial score (nSPS) is 14.4. The quantitative estimate of drug-likeness (QED) is 0.348. The van der Waals surface area contributed by atoms with Crippen molar-refractivity contribution in [2.75, 3.05) is 25.0 Å². The predicted molar refractivity (Wildman–Crippen MR) is 122 cm³/mol. The number of hydrogen-bond donors (Lipinski definition) is 0. The fraction of sp³-hybridized carbons (Fsp3) is 0.208. The Balaban J connectivity index is 1.54. The van der Waals surface area contributed by atoms with Crippen molar-refractivity contribution in [1.29, 1.82) is 0 Å². The molecule has 0 bridgehead atoms. The van der Waals surface area contributed by atoms with Gasteiger partial charge in [-0.1, -0.05) is 48.2 Å². The van der Waals surface area contributed by atoms with Gasteiger partial charge in [0, 0.05) is 54.4 Å². The Labute approximate surface area is 184 Å². The minimum atomic E-state index is -0.108. The number of nitrogens with zero attached hydrogens (tertiary/aromatic N) is 4. The molecule has 0 aliphatic carbocycles. The third-order valence-corrected chi connectivity index (χ3v) is 6.36. The number of rotatable bonds is 4. The Hall–Kier alpha value is -3.16. The molecule has 0 radical (unpaired) electrons. The van der Waals surface area contributed by atoms with Crippen LogP contribution in [0.1, 0.15) is 21.7 Å². The maximum Gasteiger partial charge on any atom is 0.294 e. The number of furan rings is 1. The van der Waals surface area contributed by atoms with E-state index in [1.807, 2.05) is 47.4 Å². The van der Waals surface area contributed by atoms with Gasteiger partial charge in [-0.2, -0.15) is 0 Å². The molecular formula is C24H22N4O2S. The van der Waals surface area contributed by atoms with E-state index in [0.29, 0.717) is 23.2 Å². The highest BCUT2D eigenvalue weighted by Crippen LogP contribution is 2.34. The number of carbonyl (C=O) groups is 1. The van der Waals surface area contributed by atoms with Crippen LogP contribution >= 0.6 is 11.8 Å². The fourth-order valence-electron chi connectivity index (χ4n) is 3.91. The molecule has 0 saturated heterocycles. The summed E-state index contributed by atoms with van der Waals surface area (Å²) in [7, 11) is 2.08. The summed E-state index contributed by atoms with van der Waals surface area (Å²) >= 11 is 1.50. The van der Waals surface area contributed by atoms with Gasteiger partial charge in [-0.05, 0) is 30.8 Å². The Morgan fingerprint density at radius 3 is 2.68 bits per heavy atom. The fourth-order valence-corrected chi connectivity index (χ4v) is 4.74. The third kappa shape index (κ3) is 3.94. The number of benzene rings is 2. The summed E-state index contributed by atoms with van der Waals surface area (Å²) in [6.45, 7) is 2.22. The van der Waals surface area contributed by atoms with Crippen LogP contribution < -0.4 is 4.90 Å². The molecule has 6 nitrogen and oxygen atoms in total. The second kappa shape index (κ2) is 8.53. The van der Waals surface area contributed by atoms with E-state index < -0.39 is 0 Å². The Kier molecular flexibility index (Phi) is 5.44. The van der Waals surface area contributed by atoms with Gasteiger partial charge in [0.2, 0.25) is 0 Å². The van der Waals surface area contributed by atoms with Crippen LogP contribution in [-0.4, -0.2) is 40.9 Å². The largest absolute Gasteiger partial charge is 0.451 e. The number of amides is 1. The highest BCUT2D eigenvalue weighted by molar-refractivity contribution is 7.98. The first-order valence-electron chi connectivity index (χ1n) is 10.2. The van der Waals surface area contributed by atoms with Gasteiger partial charge in [-0.15, -0.1) is 0 Å². The molecule has 0 atom stereocenters. The maximum absolute atomic E-state index is 13.8. The highest BCUT2D eigenvalue weighted by atomic mass is 32.2. The molecule has 5 rings (SSSR count). The van der Waals surface area contributed by atoms with E-state index in [2.05, 4.69) is 28.0 Å². The van der Waals surface area contributed by atoms with Crippen molar-refractivity contribution in [3.05, 3.63) is 83.9 Å². The molecule has 2 aromatic carbocycles. The molecule has 0 spiro atoms. The summed E-state index contributed by atoms with van der Waals surface area (Å²) in [6.07, 6.45) is 3.44. The van der Waals surface area contributed by atoms with Gasteiger partial charge in [-0.25, -0.2) is 9.97 Å². The van der Waals surface area contributed by atoms with Crippen LogP contribution in [0.5, 0.6) is 0 Å². The van der Waals surface area contributed by atoms with E-state index in [0.717, 1.165) is 40.9 Å². The molecule has 0 fully saturated rings. The molecule has 4 aromatic rings. The van der Waals surface area contributed by atoms with E-state index in [-0.39, 0.29) is 5.91 Å². The average molecular weight is 431 g/mol. The summed E-state index contributed by atoms with van der Waals surface area (Å²) in [5.41, 5.74) is 3.69. The number of hydrogen-bond acceptors (Lipinski definition) is 6. The number of aromatic nitrogens is 2. The first kappa shape index (κ1) is 19.8. The molecule has 7 heteroatoms. The number of fused-ring (bicyclic) bond motifs is 2. The van der Waals surface area contributed by atoms with Gasteiger partial charge in [0.15, 0.2) is 10.9 Å². The Morgan fingerprint density at radius 2 is 1.81 bits per heavy atom. The van der Waals surface area contributed by atoms with Gasteiger partial charge in [0.05, 0.1) is 0 Å². The van der Waals surface area contributed by atoms with Gasteiger partial charge >= 0.3 is 0 Å². The van der Waals surface area contributed by atoms with Crippen LogP contribution in [0.4, 0.5) is 5.69 Å². The van der Waals surface area contributed by atoms with Gasteiger partial charge in [0.25, 0.3) is 5.91 Å². The van der Waals surface area contributed by atoms with Crippen LogP contribution in [0.2, 0.25) is 0 Å². The second-order valence-electron chi connectivity index (χ2n) is 7.55. The monoisotopic (exact) mass is 430 g/mol. The highest BCUT2D eigenvalue weighted by Gasteiger charge is 2.29. The smallest absolute Gasteiger partial charge is 0.294 e. The molecular weight excluding hydrogens is 408 g/mol. The Morgan fingerprint density at radius 1 is 1.03 bits per heavy atom. The number of likely N-dealkylation sites (N-methyl/N-ethyl adjacent to an activating group) is 1. The zero-order valence-corrected chi connectivity index (χ0v) is 18.0. The van der Waals surface area contributed by atoms with Crippen molar-refractivity contribution in [3.63, 3.8) is 0 Å². The van der Waals surface area contributed by atoms with Crippen molar-refractivity contribution < 1.29 is 9.21 Å². The lowest BCUT2D eigenvalue weighted by molar-refractivity contribution is 0.0960. The first-order valence-corrected chi connectivity index (χ1v) is 11.2. The molecule has 1 amide bonds. The van der Waals surface area contributed by atoms with E-state index in [1.165, 1.54) is 11.8 Å². The SMILES string of the molecule is CN1CCN(C(=O)c2oc3ccccc3c2CSc2ncccn2)c2ccccc2C1. The van der Waals surface area contributed by atoms with E-state index in [1.54, 1.807) is 18.5 Å². The van der Waals surface area contributed by atoms with E-state index in [4.69, 9.17) is 4.42 Å². The van der Waals surface area contributed by atoms with Crippen molar-refractivity contribution >= 4 is 34.3 Å². The molecule has 1 aliphatic heterocycles. The topological polar surface area (TPSA) is 62.5 Å². The zero-order valence-electron chi connectivity index (χ0n) is 17.2. The summed E-state index contributed by atoms with van der Waals surface area (Å²) in [5, 5.41) is 1.63. The van der Waals surface area contributed by atoms with Crippen molar-refractivity contribution in [2.24, 2.45) is 0 Å². The molecule has 2 aromatic heterocycles. The van der Waals surface area contributed by atoms with Gasteiger partial charge in [0.1, 0.15) is 5.58 Å².